The first kappa shape index (κ1) is 12.1. The van der Waals surface area contributed by atoms with Crippen molar-refractivity contribution in [3.05, 3.63) is 70.8 Å². The van der Waals surface area contributed by atoms with Crippen molar-refractivity contribution in [3.8, 4) is 0 Å². The van der Waals surface area contributed by atoms with Gasteiger partial charge < -0.3 is 5.32 Å². The van der Waals surface area contributed by atoms with Crippen LogP contribution >= 0.6 is 0 Å². The Balaban J connectivity index is 1.80. The van der Waals surface area contributed by atoms with E-state index in [-0.39, 0.29) is 5.78 Å². The molecule has 0 unspecified atom stereocenters. The molecule has 2 heteroatoms. The molecule has 1 heterocycles. The lowest BCUT2D eigenvalue weighted by molar-refractivity contribution is 0.0993. The minimum Gasteiger partial charge on any atom is -0.312 e. The number of fused-ring (bicyclic) bond motifs is 1. The van der Waals surface area contributed by atoms with Gasteiger partial charge in [0, 0.05) is 18.5 Å². The molecule has 2 nitrogen and oxygen atoms in total. The van der Waals surface area contributed by atoms with Gasteiger partial charge in [-0.1, -0.05) is 42.5 Å². The van der Waals surface area contributed by atoms with Crippen molar-refractivity contribution in [2.45, 2.75) is 19.4 Å². The number of rotatable bonds is 3. The molecule has 0 atom stereocenters. The number of hydrogen-bond acceptors (Lipinski definition) is 2. The summed E-state index contributed by atoms with van der Waals surface area (Å²) in [5.41, 5.74) is 4.54. The molecule has 0 bridgehead atoms. The Bertz CT molecular complexity index is 589. The summed E-state index contributed by atoms with van der Waals surface area (Å²) in [6, 6.07) is 16.0. The average Bonchev–Trinajstić information content (AvgIpc) is 2.48. The van der Waals surface area contributed by atoms with Gasteiger partial charge in [-0.05, 0) is 35.7 Å². The van der Waals surface area contributed by atoms with E-state index in [2.05, 4.69) is 11.4 Å². The molecule has 1 aliphatic rings. The fourth-order valence-electron chi connectivity index (χ4n) is 2.54. The zero-order chi connectivity index (χ0) is 13.1. The smallest absolute Gasteiger partial charge is 0.167 e. The van der Waals surface area contributed by atoms with E-state index in [0.717, 1.165) is 30.6 Å². The summed E-state index contributed by atoms with van der Waals surface area (Å²) >= 11 is 0. The highest BCUT2D eigenvalue weighted by molar-refractivity contribution is 5.97. The van der Waals surface area contributed by atoms with E-state index in [1.54, 1.807) is 0 Å². The van der Waals surface area contributed by atoms with Crippen LogP contribution in [0, 0.1) is 0 Å². The van der Waals surface area contributed by atoms with Crippen LogP contribution in [0.4, 0.5) is 0 Å². The summed E-state index contributed by atoms with van der Waals surface area (Å²) in [7, 11) is 0. The van der Waals surface area contributed by atoms with Gasteiger partial charge >= 0.3 is 0 Å². The Labute approximate surface area is 113 Å². The molecule has 19 heavy (non-hydrogen) atoms. The summed E-state index contributed by atoms with van der Waals surface area (Å²) in [4.78, 5) is 12.3. The first-order valence-electron chi connectivity index (χ1n) is 6.72. The zero-order valence-electron chi connectivity index (χ0n) is 10.9. The molecule has 2 aromatic rings. The third-order valence-electron chi connectivity index (χ3n) is 3.62. The molecule has 1 N–H and O–H groups in total. The molecule has 0 spiro atoms. The summed E-state index contributed by atoms with van der Waals surface area (Å²) in [6.07, 6.45) is 1.54. The number of benzene rings is 2. The topological polar surface area (TPSA) is 29.1 Å². The third kappa shape index (κ3) is 2.74. The van der Waals surface area contributed by atoms with Crippen LogP contribution in [0.5, 0.6) is 0 Å². The maximum absolute atomic E-state index is 12.3. The molecule has 0 fully saturated rings. The van der Waals surface area contributed by atoms with Crippen molar-refractivity contribution in [3.63, 3.8) is 0 Å². The van der Waals surface area contributed by atoms with Crippen molar-refractivity contribution in [2.75, 3.05) is 6.54 Å². The summed E-state index contributed by atoms with van der Waals surface area (Å²) in [6.45, 7) is 1.91. The largest absolute Gasteiger partial charge is 0.312 e. The molecule has 0 radical (unpaired) electrons. The minimum absolute atomic E-state index is 0.194. The van der Waals surface area contributed by atoms with Gasteiger partial charge in [0.25, 0.3) is 0 Å². The Morgan fingerprint density at radius 3 is 2.74 bits per heavy atom. The quantitative estimate of drug-likeness (QED) is 0.850. The number of carbonyl (C=O) groups is 1. The maximum Gasteiger partial charge on any atom is 0.167 e. The van der Waals surface area contributed by atoms with E-state index in [1.807, 2.05) is 42.5 Å². The van der Waals surface area contributed by atoms with Crippen molar-refractivity contribution in [1.82, 2.24) is 5.32 Å². The SMILES string of the molecule is O=C(Cc1ccccc1)c1ccc2c(c1)CNCC2. The molecule has 0 amide bonds. The number of nitrogens with one attached hydrogen (secondary N) is 1. The molecular weight excluding hydrogens is 234 g/mol. The Morgan fingerprint density at radius 2 is 1.89 bits per heavy atom. The molecular formula is C17H17NO. The predicted octanol–water partition coefficient (Wildman–Crippen LogP) is 2.76. The summed E-state index contributed by atoms with van der Waals surface area (Å²) in [5.74, 6) is 0.194. The van der Waals surface area contributed by atoms with E-state index in [1.165, 1.54) is 11.1 Å². The molecule has 0 saturated heterocycles. The highest BCUT2D eigenvalue weighted by atomic mass is 16.1. The van der Waals surface area contributed by atoms with Gasteiger partial charge in [-0.2, -0.15) is 0 Å². The van der Waals surface area contributed by atoms with E-state index < -0.39 is 0 Å². The second-order valence-electron chi connectivity index (χ2n) is 5.00. The van der Waals surface area contributed by atoms with Crippen LogP contribution in [-0.2, 0) is 19.4 Å². The lowest BCUT2D eigenvalue weighted by Gasteiger charge is -2.17. The van der Waals surface area contributed by atoms with Crippen LogP contribution < -0.4 is 5.32 Å². The second kappa shape index (κ2) is 5.37. The average molecular weight is 251 g/mol. The Kier molecular flexibility index (Phi) is 3.43. The standard InChI is InChI=1S/C17H17NO/c19-17(10-13-4-2-1-3-5-13)15-7-6-14-8-9-18-12-16(14)11-15/h1-7,11,18H,8-10,12H2. The van der Waals surface area contributed by atoms with Crippen LogP contribution in [0.3, 0.4) is 0 Å². The summed E-state index contributed by atoms with van der Waals surface area (Å²) in [5, 5.41) is 3.35. The van der Waals surface area contributed by atoms with E-state index in [0.29, 0.717) is 6.42 Å². The molecule has 0 aliphatic carbocycles. The van der Waals surface area contributed by atoms with Crippen molar-refractivity contribution in [2.24, 2.45) is 0 Å². The lowest BCUT2D eigenvalue weighted by Crippen LogP contribution is -2.23. The van der Waals surface area contributed by atoms with Crippen molar-refractivity contribution >= 4 is 5.78 Å². The first-order chi connectivity index (χ1) is 9.33. The van der Waals surface area contributed by atoms with Crippen LogP contribution in [0.25, 0.3) is 0 Å². The fraction of sp³-hybridized carbons (Fsp3) is 0.235. The van der Waals surface area contributed by atoms with Gasteiger partial charge in [-0.25, -0.2) is 0 Å². The van der Waals surface area contributed by atoms with Crippen molar-refractivity contribution in [1.29, 1.82) is 0 Å². The summed E-state index contributed by atoms with van der Waals surface area (Å²) < 4.78 is 0. The van der Waals surface area contributed by atoms with Crippen molar-refractivity contribution < 1.29 is 4.79 Å². The first-order valence-corrected chi connectivity index (χ1v) is 6.72. The number of carbonyl (C=O) groups excluding carboxylic acids is 1. The van der Waals surface area contributed by atoms with Gasteiger partial charge in [-0.3, -0.25) is 4.79 Å². The van der Waals surface area contributed by atoms with Gasteiger partial charge in [-0.15, -0.1) is 0 Å². The highest BCUT2D eigenvalue weighted by Crippen LogP contribution is 2.17. The van der Waals surface area contributed by atoms with Gasteiger partial charge in [0.15, 0.2) is 5.78 Å². The van der Waals surface area contributed by atoms with Crippen LogP contribution in [-0.4, -0.2) is 12.3 Å². The van der Waals surface area contributed by atoms with E-state index in [9.17, 15) is 4.79 Å². The van der Waals surface area contributed by atoms with Crippen LogP contribution in [0.2, 0.25) is 0 Å². The zero-order valence-corrected chi connectivity index (χ0v) is 10.9. The normalized spacial score (nSPS) is 13.9. The Hall–Kier alpha value is -1.93. The van der Waals surface area contributed by atoms with Gasteiger partial charge in [0.1, 0.15) is 0 Å². The highest BCUT2D eigenvalue weighted by Gasteiger charge is 2.12. The Morgan fingerprint density at radius 1 is 1.05 bits per heavy atom. The fourth-order valence-corrected chi connectivity index (χ4v) is 2.54. The van der Waals surface area contributed by atoms with Crippen LogP contribution in [0.15, 0.2) is 48.5 Å². The molecule has 0 aromatic heterocycles. The maximum atomic E-state index is 12.3. The molecule has 96 valence electrons. The molecule has 1 aliphatic heterocycles. The number of hydrogen-bond donors (Lipinski definition) is 1. The van der Waals surface area contributed by atoms with E-state index >= 15 is 0 Å². The lowest BCUT2D eigenvalue weighted by atomic mass is 9.95. The monoisotopic (exact) mass is 251 g/mol. The predicted molar refractivity (Wildman–Crippen MR) is 76.3 cm³/mol. The minimum atomic E-state index is 0.194. The number of Topliss-reactive ketones (excluding diaryl/α,β-unsaturated/α-hetero) is 1. The molecule has 0 saturated carbocycles. The van der Waals surface area contributed by atoms with Gasteiger partial charge in [0.05, 0.1) is 0 Å². The molecule has 2 aromatic carbocycles. The van der Waals surface area contributed by atoms with Crippen LogP contribution in [0.1, 0.15) is 27.0 Å². The van der Waals surface area contributed by atoms with Gasteiger partial charge in [0.2, 0.25) is 0 Å². The number of ketones is 1. The molecule has 3 rings (SSSR count). The van der Waals surface area contributed by atoms with E-state index in [4.69, 9.17) is 0 Å². The third-order valence-corrected chi connectivity index (χ3v) is 3.62. The second-order valence-corrected chi connectivity index (χ2v) is 5.00.